The Hall–Kier alpha value is -0.530. The van der Waals surface area contributed by atoms with Crippen LogP contribution in [0.15, 0.2) is 18.2 Å². The van der Waals surface area contributed by atoms with E-state index < -0.39 is 0 Å². The fourth-order valence-electron chi connectivity index (χ4n) is 1.82. The second-order valence-corrected chi connectivity index (χ2v) is 3.78. The van der Waals surface area contributed by atoms with Gasteiger partial charge in [-0.15, -0.1) is 0 Å². The molecule has 0 saturated heterocycles. The molecule has 2 N–H and O–H groups in total. The van der Waals surface area contributed by atoms with E-state index in [1.54, 1.807) is 0 Å². The summed E-state index contributed by atoms with van der Waals surface area (Å²) >= 11 is 5.88. The first-order chi connectivity index (χ1) is 5.77. The molecule has 1 nitrogen and oxygen atoms in total. The maximum absolute atomic E-state index is 5.95. The summed E-state index contributed by atoms with van der Waals surface area (Å²) in [7, 11) is 0. The second-order valence-electron chi connectivity index (χ2n) is 3.34. The Labute approximate surface area is 77.5 Å². The molecule has 0 bridgehead atoms. The normalized spacial score (nSPS) is 22.0. The molecule has 1 aromatic rings. The van der Waals surface area contributed by atoms with Crippen LogP contribution in [-0.4, -0.2) is 0 Å². The lowest BCUT2D eigenvalue weighted by Gasteiger charge is -2.21. The van der Waals surface area contributed by atoms with Crippen molar-refractivity contribution in [2.75, 3.05) is 0 Å². The molecule has 0 unspecified atom stereocenters. The zero-order chi connectivity index (χ0) is 8.55. The van der Waals surface area contributed by atoms with E-state index in [0.717, 1.165) is 17.9 Å². The maximum Gasteiger partial charge on any atom is 0.0408 e. The molecule has 0 fully saturated rings. The molecule has 0 spiro atoms. The molecule has 64 valence electrons. The van der Waals surface area contributed by atoms with E-state index in [4.69, 9.17) is 17.3 Å². The topological polar surface area (TPSA) is 26.0 Å². The summed E-state index contributed by atoms with van der Waals surface area (Å²) in [5.41, 5.74) is 8.57. The van der Waals surface area contributed by atoms with E-state index in [2.05, 4.69) is 6.07 Å². The third-order valence-corrected chi connectivity index (χ3v) is 2.70. The Bertz CT molecular complexity index is 296. The third kappa shape index (κ3) is 1.35. The van der Waals surface area contributed by atoms with Gasteiger partial charge in [-0.25, -0.2) is 0 Å². The van der Waals surface area contributed by atoms with Gasteiger partial charge in [-0.3, -0.25) is 0 Å². The van der Waals surface area contributed by atoms with E-state index >= 15 is 0 Å². The lowest BCUT2D eigenvalue weighted by atomic mass is 9.88. The number of halogens is 1. The van der Waals surface area contributed by atoms with Crippen molar-refractivity contribution in [2.45, 2.75) is 25.3 Å². The largest absolute Gasteiger partial charge is 0.324 e. The zero-order valence-corrected chi connectivity index (χ0v) is 7.64. The van der Waals surface area contributed by atoms with Crippen molar-refractivity contribution in [1.82, 2.24) is 0 Å². The summed E-state index contributed by atoms with van der Waals surface area (Å²) in [6.45, 7) is 0. The Morgan fingerprint density at radius 1 is 1.42 bits per heavy atom. The van der Waals surface area contributed by atoms with Gasteiger partial charge in [0.2, 0.25) is 0 Å². The van der Waals surface area contributed by atoms with Gasteiger partial charge in [-0.2, -0.15) is 0 Å². The van der Waals surface area contributed by atoms with Gasteiger partial charge >= 0.3 is 0 Å². The van der Waals surface area contributed by atoms with E-state index in [1.807, 2.05) is 12.1 Å². The van der Waals surface area contributed by atoms with Crippen LogP contribution in [0.1, 0.15) is 30.0 Å². The molecule has 0 amide bonds. The number of rotatable bonds is 0. The molecule has 0 saturated carbocycles. The van der Waals surface area contributed by atoms with Crippen molar-refractivity contribution in [3.05, 3.63) is 34.3 Å². The number of nitrogens with two attached hydrogens (primary N) is 1. The third-order valence-electron chi connectivity index (χ3n) is 2.47. The molecule has 1 aromatic carbocycles. The summed E-state index contributed by atoms with van der Waals surface area (Å²) in [5.74, 6) is 0. The Balaban J connectivity index is 2.46. The molecular formula is C10H12ClN. The van der Waals surface area contributed by atoms with Crippen LogP contribution >= 0.6 is 11.6 Å². The van der Waals surface area contributed by atoms with Crippen LogP contribution in [0.2, 0.25) is 5.02 Å². The number of hydrogen-bond acceptors (Lipinski definition) is 1. The Morgan fingerprint density at radius 3 is 3.08 bits per heavy atom. The molecule has 1 aliphatic rings. The minimum Gasteiger partial charge on any atom is -0.324 e. The van der Waals surface area contributed by atoms with Crippen LogP contribution in [0, 0.1) is 0 Å². The first-order valence-corrected chi connectivity index (χ1v) is 4.69. The van der Waals surface area contributed by atoms with Gasteiger partial charge in [0.1, 0.15) is 0 Å². The standard InChI is InChI=1S/C10H12ClN/c11-8-4-5-9-7(6-8)2-1-3-10(9)12/h4-6,10H,1-3,12H2/t10-/m1/s1. The van der Waals surface area contributed by atoms with Crippen LogP contribution < -0.4 is 5.73 Å². The summed E-state index contributed by atoms with van der Waals surface area (Å²) in [5, 5.41) is 0.822. The van der Waals surface area contributed by atoms with Gasteiger partial charge in [0.25, 0.3) is 0 Å². The van der Waals surface area contributed by atoms with Gasteiger partial charge in [0.05, 0.1) is 0 Å². The molecule has 0 aromatic heterocycles. The Morgan fingerprint density at radius 2 is 2.25 bits per heavy atom. The van der Waals surface area contributed by atoms with Gasteiger partial charge in [0.15, 0.2) is 0 Å². The predicted octanol–water partition coefficient (Wildman–Crippen LogP) is 2.68. The summed E-state index contributed by atoms with van der Waals surface area (Å²) in [6, 6.07) is 6.24. The van der Waals surface area contributed by atoms with Gasteiger partial charge < -0.3 is 5.73 Å². The van der Waals surface area contributed by atoms with Crippen molar-refractivity contribution in [1.29, 1.82) is 0 Å². The SMILES string of the molecule is N[C@@H]1CCCc2cc(Cl)ccc21. The first kappa shape index (κ1) is 8.09. The van der Waals surface area contributed by atoms with Crippen LogP contribution in [0.5, 0.6) is 0 Å². The second kappa shape index (κ2) is 3.08. The molecule has 0 aliphatic heterocycles. The molecule has 0 heterocycles. The highest BCUT2D eigenvalue weighted by atomic mass is 35.5. The smallest absolute Gasteiger partial charge is 0.0408 e. The number of benzene rings is 1. The number of hydrogen-bond donors (Lipinski definition) is 1. The van der Waals surface area contributed by atoms with Crippen molar-refractivity contribution in [3.8, 4) is 0 Å². The van der Waals surface area contributed by atoms with Crippen LogP contribution in [0.3, 0.4) is 0 Å². The maximum atomic E-state index is 5.95. The summed E-state index contributed by atoms with van der Waals surface area (Å²) in [4.78, 5) is 0. The van der Waals surface area contributed by atoms with Crippen LogP contribution in [-0.2, 0) is 6.42 Å². The van der Waals surface area contributed by atoms with Crippen molar-refractivity contribution in [2.24, 2.45) is 5.73 Å². The molecule has 2 heteroatoms. The quantitative estimate of drug-likeness (QED) is 0.655. The number of aryl methyl sites for hydroxylation is 1. The number of fused-ring (bicyclic) bond motifs is 1. The molecule has 2 rings (SSSR count). The van der Waals surface area contributed by atoms with Crippen molar-refractivity contribution >= 4 is 11.6 Å². The molecule has 1 atom stereocenters. The van der Waals surface area contributed by atoms with Crippen molar-refractivity contribution < 1.29 is 0 Å². The van der Waals surface area contributed by atoms with Crippen molar-refractivity contribution in [3.63, 3.8) is 0 Å². The fraction of sp³-hybridized carbons (Fsp3) is 0.400. The average molecular weight is 182 g/mol. The highest BCUT2D eigenvalue weighted by Crippen LogP contribution is 2.29. The van der Waals surface area contributed by atoms with Gasteiger partial charge in [-0.05, 0) is 42.5 Å². The zero-order valence-electron chi connectivity index (χ0n) is 6.89. The molecule has 0 radical (unpaired) electrons. The predicted molar refractivity (Wildman–Crippen MR) is 51.3 cm³/mol. The highest BCUT2D eigenvalue weighted by molar-refractivity contribution is 6.30. The summed E-state index contributed by atoms with van der Waals surface area (Å²) < 4.78 is 0. The molecule has 1 aliphatic carbocycles. The lowest BCUT2D eigenvalue weighted by Crippen LogP contribution is -2.16. The first-order valence-electron chi connectivity index (χ1n) is 4.31. The van der Waals surface area contributed by atoms with Crippen LogP contribution in [0.4, 0.5) is 0 Å². The lowest BCUT2D eigenvalue weighted by molar-refractivity contribution is 0.570. The minimum absolute atomic E-state index is 0.228. The van der Waals surface area contributed by atoms with E-state index in [9.17, 15) is 0 Å². The minimum atomic E-state index is 0.228. The monoisotopic (exact) mass is 181 g/mol. The van der Waals surface area contributed by atoms with E-state index in [-0.39, 0.29) is 6.04 Å². The van der Waals surface area contributed by atoms with Crippen LogP contribution in [0.25, 0.3) is 0 Å². The fourth-order valence-corrected chi connectivity index (χ4v) is 2.02. The highest BCUT2D eigenvalue weighted by Gasteiger charge is 2.15. The summed E-state index contributed by atoms with van der Waals surface area (Å²) in [6.07, 6.45) is 3.42. The van der Waals surface area contributed by atoms with E-state index in [1.165, 1.54) is 17.5 Å². The van der Waals surface area contributed by atoms with Gasteiger partial charge in [-0.1, -0.05) is 17.7 Å². The van der Waals surface area contributed by atoms with E-state index in [0.29, 0.717) is 0 Å². The molecular weight excluding hydrogens is 170 g/mol. The average Bonchev–Trinajstić information content (AvgIpc) is 2.04. The molecule has 12 heavy (non-hydrogen) atoms. The van der Waals surface area contributed by atoms with Gasteiger partial charge in [0, 0.05) is 11.1 Å². The Kier molecular flexibility index (Phi) is 2.07.